The molecule has 0 radical (unpaired) electrons. The van der Waals surface area contributed by atoms with Crippen LogP contribution in [0.4, 0.5) is 10.1 Å². The largest absolute Gasteiger partial charge is 0.368 e. The van der Waals surface area contributed by atoms with E-state index < -0.39 is 0 Å². The molecule has 0 N–H and O–H groups in total. The quantitative estimate of drug-likeness (QED) is 0.731. The fourth-order valence-corrected chi connectivity index (χ4v) is 3.25. The van der Waals surface area contributed by atoms with Gasteiger partial charge in [0.25, 0.3) is 0 Å². The number of benzene rings is 1. The number of carbonyl (C=O) groups excluding carboxylic acids is 1. The van der Waals surface area contributed by atoms with Gasteiger partial charge in [-0.3, -0.25) is 4.79 Å². The molecule has 0 bridgehead atoms. The van der Waals surface area contributed by atoms with Gasteiger partial charge in [0.15, 0.2) is 0 Å². The maximum atomic E-state index is 13.0. The molecule has 1 saturated heterocycles. The number of rotatable bonds is 8. The molecule has 0 atom stereocenters. The lowest BCUT2D eigenvalue weighted by molar-refractivity contribution is -0.131. The summed E-state index contributed by atoms with van der Waals surface area (Å²) in [6.45, 7) is 10.5. The van der Waals surface area contributed by atoms with Crippen LogP contribution in [-0.4, -0.2) is 61.5 Å². The summed E-state index contributed by atoms with van der Waals surface area (Å²) in [5, 5.41) is 0. The van der Waals surface area contributed by atoms with E-state index >= 15 is 0 Å². The van der Waals surface area contributed by atoms with Crippen molar-refractivity contribution in [1.82, 2.24) is 9.80 Å². The van der Waals surface area contributed by atoms with Crippen LogP contribution in [-0.2, 0) is 4.79 Å². The molecule has 0 spiro atoms. The lowest BCUT2D eigenvalue weighted by Gasteiger charge is -2.36. The van der Waals surface area contributed by atoms with Gasteiger partial charge in [-0.1, -0.05) is 13.8 Å². The average Bonchev–Trinajstić information content (AvgIpc) is 2.60. The molecule has 0 aliphatic carbocycles. The second-order valence-corrected chi connectivity index (χ2v) is 6.44. The third kappa shape index (κ3) is 5.48. The van der Waals surface area contributed by atoms with Gasteiger partial charge >= 0.3 is 0 Å². The Morgan fingerprint density at radius 2 is 1.58 bits per heavy atom. The molecule has 1 heterocycles. The van der Waals surface area contributed by atoms with Crippen LogP contribution in [0, 0.1) is 5.82 Å². The van der Waals surface area contributed by atoms with Crippen LogP contribution in [0.2, 0.25) is 0 Å². The summed E-state index contributed by atoms with van der Waals surface area (Å²) in [6, 6.07) is 6.59. The van der Waals surface area contributed by atoms with Crippen LogP contribution in [0.3, 0.4) is 0 Å². The molecular formula is C19H30FN3O. The molecule has 1 amide bonds. The van der Waals surface area contributed by atoms with Gasteiger partial charge in [-0.2, -0.15) is 0 Å². The molecule has 0 aromatic heterocycles. The van der Waals surface area contributed by atoms with Gasteiger partial charge in [-0.15, -0.1) is 0 Å². The van der Waals surface area contributed by atoms with E-state index in [9.17, 15) is 9.18 Å². The molecule has 4 nitrogen and oxygen atoms in total. The molecule has 1 aromatic rings. The Morgan fingerprint density at radius 3 is 2.12 bits per heavy atom. The molecule has 1 aliphatic rings. The Bertz CT molecular complexity index is 492. The first kappa shape index (κ1) is 18.7. The molecule has 0 unspecified atom stereocenters. The maximum absolute atomic E-state index is 13.0. The van der Waals surface area contributed by atoms with Crippen LogP contribution in [0.5, 0.6) is 0 Å². The van der Waals surface area contributed by atoms with Crippen molar-refractivity contribution in [2.45, 2.75) is 33.1 Å². The molecule has 2 rings (SSSR count). The van der Waals surface area contributed by atoms with Crippen molar-refractivity contribution in [3.05, 3.63) is 30.1 Å². The van der Waals surface area contributed by atoms with Gasteiger partial charge < -0.3 is 14.7 Å². The Kier molecular flexibility index (Phi) is 7.50. The lowest BCUT2D eigenvalue weighted by Crippen LogP contribution is -2.49. The molecule has 1 fully saturated rings. The number of carbonyl (C=O) groups is 1. The van der Waals surface area contributed by atoms with Crippen molar-refractivity contribution in [3.8, 4) is 0 Å². The summed E-state index contributed by atoms with van der Waals surface area (Å²) in [7, 11) is 0. The number of amides is 1. The van der Waals surface area contributed by atoms with Crippen molar-refractivity contribution in [2.75, 3.05) is 50.7 Å². The highest BCUT2D eigenvalue weighted by Crippen LogP contribution is 2.17. The monoisotopic (exact) mass is 335 g/mol. The standard InChI is InChI=1S/C19H30FN3O/c1-3-10-21(11-4-2)12-9-19(24)23-15-13-22(14-16-23)18-7-5-17(20)6-8-18/h5-8H,3-4,9-16H2,1-2H3. The summed E-state index contributed by atoms with van der Waals surface area (Å²) in [6.07, 6.45) is 2.87. The minimum Gasteiger partial charge on any atom is -0.368 e. The predicted molar refractivity (Wildman–Crippen MR) is 96.8 cm³/mol. The van der Waals surface area contributed by atoms with E-state index in [0.29, 0.717) is 6.42 Å². The Labute approximate surface area is 145 Å². The summed E-state index contributed by atoms with van der Waals surface area (Å²) >= 11 is 0. The zero-order valence-electron chi connectivity index (χ0n) is 15.0. The van der Waals surface area contributed by atoms with Crippen LogP contribution >= 0.6 is 0 Å². The van der Waals surface area contributed by atoms with Crippen LogP contribution in [0.15, 0.2) is 24.3 Å². The Morgan fingerprint density at radius 1 is 1.00 bits per heavy atom. The van der Waals surface area contributed by atoms with Crippen molar-refractivity contribution in [3.63, 3.8) is 0 Å². The SMILES string of the molecule is CCCN(CCC)CCC(=O)N1CCN(c2ccc(F)cc2)CC1. The first-order chi connectivity index (χ1) is 11.6. The van der Waals surface area contributed by atoms with Crippen molar-refractivity contribution in [1.29, 1.82) is 0 Å². The first-order valence-corrected chi connectivity index (χ1v) is 9.14. The van der Waals surface area contributed by atoms with Crippen molar-refractivity contribution < 1.29 is 9.18 Å². The smallest absolute Gasteiger partial charge is 0.223 e. The van der Waals surface area contributed by atoms with E-state index in [4.69, 9.17) is 0 Å². The molecule has 1 aromatic carbocycles. The molecule has 24 heavy (non-hydrogen) atoms. The van der Waals surface area contributed by atoms with Crippen LogP contribution in [0.1, 0.15) is 33.1 Å². The minimum absolute atomic E-state index is 0.212. The highest BCUT2D eigenvalue weighted by Gasteiger charge is 2.21. The lowest BCUT2D eigenvalue weighted by atomic mass is 10.2. The molecular weight excluding hydrogens is 305 g/mol. The zero-order chi connectivity index (χ0) is 17.4. The first-order valence-electron chi connectivity index (χ1n) is 9.14. The number of hydrogen-bond donors (Lipinski definition) is 0. The molecule has 5 heteroatoms. The second kappa shape index (κ2) is 9.62. The van der Waals surface area contributed by atoms with Gasteiger partial charge in [-0.05, 0) is 50.2 Å². The Hall–Kier alpha value is -1.62. The summed E-state index contributed by atoms with van der Waals surface area (Å²) in [5.41, 5.74) is 1.03. The van der Waals surface area contributed by atoms with E-state index in [-0.39, 0.29) is 11.7 Å². The minimum atomic E-state index is -0.212. The number of anilines is 1. The van der Waals surface area contributed by atoms with Gasteiger partial charge in [0, 0.05) is 44.8 Å². The number of halogens is 1. The van der Waals surface area contributed by atoms with Gasteiger partial charge in [0.2, 0.25) is 5.91 Å². The third-order valence-electron chi connectivity index (χ3n) is 4.55. The van der Waals surface area contributed by atoms with Crippen LogP contribution < -0.4 is 4.90 Å². The van der Waals surface area contributed by atoms with Gasteiger partial charge in [0.1, 0.15) is 5.82 Å². The maximum Gasteiger partial charge on any atom is 0.223 e. The van der Waals surface area contributed by atoms with Gasteiger partial charge in [-0.25, -0.2) is 4.39 Å². The van der Waals surface area contributed by atoms with E-state index in [1.165, 1.54) is 12.1 Å². The second-order valence-electron chi connectivity index (χ2n) is 6.44. The number of nitrogens with zero attached hydrogens (tertiary/aromatic N) is 3. The fourth-order valence-electron chi connectivity index (χ4n) is 3.25. The Balaban J connectivity index is 1.76. The van der Waals surface area contributed by atoms with E-state index in [2.05, 4.69) is 23.6 Å². The van der Waals surface area contributed by atoms with Crippen molar-refractivity contribution in [2.24, 2.45) is 0 Å². The molecule has 134 valence electrons. The number of hydrogen-bond acceptors (Lipinski definition) is 3. The average molecular weight is 335 g/mol. The topological polar surface area (TPSA) is 26.8 Å². The molecule has 1 aliphatic heterocycles. The normalized spacial score (nSPS) is 15.2. The zero-order valence-corrected chi connectivity index (χ0v) is 15.0. The highest BCUT2D eigenvalue weighted by atomic mass is 19.1. The highest BCUT2D eigenvalue weighted by molar-refractivity contribution is 5.76. The third-order valence-corrected chi connectivity index (χ3v) is 4.55. The van der Waals surface area contributed by atoms with E-state index in [1.54, 1.807) is 12.1 Å². The summed E-state index contributed by atoms with van der Waals surface area (Å²) in [5.74, 6) is 0.0437. The van der Waals surface area contributed by atoms with E-state index in [0.717, 1.165) is 64.3 Å². The predicted octanol–water partition coefficient (Wildman–Crippen LogP) is 2.99. The number of piperazine rings is 1. The summed E-state index contributed by atoms with van der Waals surface area (Å²) < 4.78 is 13.0. The van der Waals surface area contributed by atoms with Crippen molar-refractivity contribution >= 4 is 11.6 Å². The fraction of sp³-hybridized carbons (Fsp3) is 0.632. The van der Waals surface area contributed by atoms with Gasteiger partial charge in [0.05, 0.1) is 0 Å². The van der Waals surface area contributed by atoms with E-state index in [1.807, 2.05) is 4.90 Å². The molecule has 0 saturated carbocycles. The summed E-state index contributed by atoms with van der Waals surface area (Å²) in [4.78, 5) is 19.0. The van der Waals surface area contributed by atoms with Crippen LogP contribution in [0.25, 0.3) is 0 Å².